The number of nitrogen functional groups attached to an aromatic ring is 1. The zero-order valence-electron chi connectivity index (χ0n) is 9.31. The Kier molecular flexibility index (Phi) is 3.52. The zero-order chi connectivity index (χ0) is 11.4. The van der Waals surface area contributed by atoms with Crippen LogP contribution < -0.4 is 5.73 Å². The third kappa shape index (κ3) is 3.04. The van der Waals surface area contributed by atoms with Crippen LogP contribution in [-0.2, 0) is 5.75 Å². The molecule has 2 aromatic carbocycles. The fraction of sp³-hybridized carbons (Fsp3) is 0.143. The van der Waals surface area contributed by atoms with Crippen molar-refractivity contribution in [3.8, 4) is 0 Å². The van der Waals surface area contributed by atoms with E-state index in [-0.39, 0.29) is 0 Å². The monoisotopic (exact) mass is 229 g/mol. The van der Waals surface area contributed by atoms with Crippen molar-refractivity contribution in [2.45, 2.75) is 17.6 Å². The van der Waals surface area contributed by atoms with Gasteiger partial charge in [0, 0.05) is 16.3 Å². The van der Waals surface area contributed by atoms with E-state index in [4.69, 9.17) is 5.73 Å². The molecule has 0 atom stereocenters. The standard InChI is InChI=1S/C14H15NS/c1-11-3-2-4-14(9-11)16-10-12-5-7-13(15)8-6-12/h2-9H,10,15H2,1H3. The first-order valence-corrected chi connectivity index (χ1v) is 6.26. The number of hydrogen-bond acceptors (Lipinski definition) is 2. The highest BCUT2D eigenvalue weighted by molar-refractivity contribution is 7.98. The van der Waals surface area contributed by atoms with Crippen LogP contribution in [-0.4, -0.2) is 0 Å². The van der Waals surface area contributed by atoms with Gasteiger partial charge in [-0.05, 0) is 36.8 Å². The van der Waals surface area contributed by atoms with Crippen molar-refractivity contribution in [1.82, 2.24) is 0 Å². The number of hydrogen-bond donors (Lipinski definition) is 1. The van der Waals surface area contributed by atoms with Crippen LogP contribution in [0.25, 0.3) is 0 Å². The zero-order valence-corrected chi connectivity index (χ0v) is 10.1. The molecule has 0 fully saturated rings. The van der Waals surface area contributed by atoms with Crippen LogP contribution in [0.15, 0.2) is 53.4 Å². The molecular formula is C14H15NS. The van der Waals surface area contributed by atoms with E-state index in [1.165, 1.54) is 16.0 Å². The van der Waals surface area contributed by atoms with Gasteiger partial charge in [0.2, 0.25) is 0 Å². The highest BCUT2D eigenvalue weighted by atomic mass is 32.2. The minimum Gasteiger partial charge on any atom is -0.399 e. The Bertz CT molecular complexity index is 462. The summed E-state index contributed by atoms with van der Waals surface area (Å²) in [6, 6.07) is 16.6. The number of nitrogens with two attached hydrogens (primary N) is 1. The second kappa shape index (κ2) is 5.08. The smallest absolute Gasteiger partial charge is 0.0314 e. The maximum absolute atomic E-state index is 5.65. The van der Waals surface area contributed by atoms with E-state index in [9.17, 15) is 0 Å². The van der Waals surface area contributed by atoms with Crippen LogP contribution in [0.5, 0.6) is 0 Å². The van der Waals surface area contributed by atoms with Crippen molar-refractivity contribution < 1.29 is 0 Å². The maximum atomic E-state index is 5.65. The lowest BCUT2D eigenvalue weighted by atomic mass is 10.2. The quantitative estimate of drug-likeness (QED) is 0.638. The summed E-state index contributed by atoms with van der Waals surface area (Å²) in [4.78, 5) is 1.32. The van der Waals surface area contributed by atoms with Crippen LogP contribution in [0.4, 0.5) is 5.69 Å². The van der Waals surface area contributed by atoms with Gasteiger partial charge in [0.1, 0.15) is 0 Å². The average molecular weight is 229 g/mol. The number of benzene rings is 2. The van der Waals surface area contributed by atoms with E-state index in [1.54, 1.807) is 0 Å². The van der Waals surface area contributed by atoms with E-state index in [0.717, 1.165) is 11.4 Å². The first-order valence-electron chi connectivity index (χ1n) is 5.28. The van der Waals surface area contributed by atoms with E-state index < -0.39 is 0 Å². The van der Waals surface area contributed by atoms with Gasteiger partial charge in [-0.2, -0.15) is 0 Å². The first kappa shape index (κ1) is 11.1. The van der Waals surface area contributed by atoms with Gasteiger partial charge in [0.25, 0.3) is 0 Å². The molecule has 0 aliphatic carbocycles. The Labute approximate surface area is 101 Å². The van der Waals surface area contributed by atoms with Crippen LogP contribution in [0.2, 0.25) is 0 Å². The Morgan fingerprint density at radius 2 is 1.81 bits per heavy atom. The highest BCUT2D eigenvalue weighted by Gasteiger charge is 1.96. The minimum absolute atomic E-state index is 0.823. The molecule has 0 aliphatic rings. The van der Waals surface area contributed by atoms with Gasteiger partial charge < -0.3 is 5.73 Å². The molecular weight excluding hydrogens is 214 g/mol. The number of thioether (sulfide) groups is 1. The predicted octanol–water partition coefficient (Wildman–Crippen LogP) is 3.87. The molecule has 2 rings (SSSR count). The summed E-state index contributed by atoms with van der Waals surface area (Å²) in [6.07, 6.45) is 0. The largest absolute Gasteiger partial charge is 0.399 e. The second-order valence-electron chi connectivity index (χ2n) is 3.85. The summed E-state index contributed by atoms with van der Waals surface area (Å²) in [5.41, 5.74) is 9.08. The molecule has 2 aromatic rings. The molecule has 0 spiro atoms. The van der Waals surface area contributed by atoms with Crippen molar-refractivity contribution >= 4 is 17.4 Å². The Balaban J connectivity index is 1.99. The van der Waals surface area contributed by atoms with Gasteiger partial charge in [-0.15, -0.1) is 11.8 Å². The molecule has 0 amide bonds. The highest BCUT2D eigenvalue weighted by Crippen LogP contribution is 2.23. The lowest BCUT2D eigenvalue weighted by Crippen LogP contribution is -1.85. The minimum atomic E-state index is 0.823. The van der Waals surface area contributed by atoms with Gasteiger partial charge in [0.05, 0.1) is 0 Å². The summed E-state index contributed by atoms with van der Waals surface area (Å²) in [5, 5.41) is 0. The van der Waals surface area contributed by atoms with Gasteiger partial charge in [-0.25, -0.2) is 0 Å². The molecule has 0 aliphatic heterocycles. The molecule has 0 heterocycles. The Hall–Kier alpha value is -1.41. The topological polar surface area (TPSA) is 26.0 Å². The number of anilines is 1. The average Bonchev–Trinajstić information content (AvgIpc) is 2.28. The summed E-state index contributed by atoms with van der Waals surface area (Å²) in [6.45, 7) is 2.12. The van der Waals surface area contributed by atoms with Crippen LogP contribution in [0, 0.1) is 6.92 Å². The molecule has 0 saturated carbocycles. The van der Waals surface area contributed by atoms with Gasteiger partial charge >= 0.3 is 0 Å². The molecule has 0 radical (unpaired) electrons. The van der Waals surface area contributed by atoms with Gasteiger partial charge in [-0.3, -0.25) is 0 Å². The maximum Gasteiger partial charge on any atom is 0.0314 e. The molecule has 0 bridgehead atoms. The van der Waals surface area contributed by atoms with Crippen molar-refractivity contribution in [3.05, 3.63) is 59.7 Å². The molecule has 2 heteroatoms. The molecule has 1 nitrogen and oxygen atoms in total. The lowest BCUT2D eigenvalue weighted by Gasteiger charge is -2.03. The van der Waals surface area contributed by atoms with Crippen molar-refractivity contribution in [2.75, 3.05) is 5.73 Å². The van der Waals surface area contributed by atoms with Crippen molar-refractivity contribution in [2.24, 2.45) is 0 Å². The predicted molar refractivity (Wildman–Crippen MR) is 71.6 cm³/mol. The van der Waals surface area contributed by atoms with Crippen LogP contribution in [0.3, 0.4) is 0 Å². The van der Waals surface area contributed by atoms with E-state index in [0.29, 0.717) is 0 Å². The number of aryl methyl sites for hydroxylation is 1. The van der Waals surface area contributed by atoms with Gasteiger partial charge in [-0.1, -0.05) is 29.8 Å². The van der Waals surface area contributed by atoms with Gasteiger partial charge in [0.15, 0.2) is 0 Å². The van der Waals surface area contributed by atoms with Crippen molar-refractivity contribution in [3.63, 3.8) is 0 Å². The summed E-state index contributed by atoms with van der Waals surface area (Å²) in [5.74, 6) is 0.990. The molecule has 0 saturated heterocycles. The first-order chi connectivity index (χ1) is 7.74. The molecule has 16 heavy (non-hydrogen) atoms. The molecule has 2 N–H and O–H groups in total. The van der Waals surface area contributed by atoms with E-state index in [2.05, 4.69) is 43.3 Å². The third-order valence-corrected chi connectivity index (χ3v) is 3.44. The third-order valence-electron chi connectivity index (χ3n) is 2.37. The van der Waals surface area contributed by atoms with Crippen molar-refractivity contribution in [1.29, 1.82) is 0 Å². The summed E-state index contributed by atoms with van der Waals surface area (Å²) < 4.78 is 0. The normalized spacial score (nSPS) is 10.3. The summed E-state index contributed by atoms with van der Waals surface area (Å²) in [7, 11) is 0. The fourth-order valence-electron chi connectivity index (χ4n) is 1.49. The number of rotatable bonds is 3. The molecule has 0 aromatic heterocycles. The van der Waals surface area contributed by atoms with E-state index in [1.807, 2.05) is 23.9 Å². The van der Waals surface area contributed by atoms with Crippen LogP contribution in [0.1, 0.15) is 11.1 Å². The molecule has 0 unspecified atom stereocenters. The van der Waals surface area contributed by atoms with Crippen LogP contribution >= 0.6 is 11.8 Å². The Morgan fingerprint density at radius 1 is 1.06 bits per heavy atom. The second-order valence-corrected chi connectivity index (χ2v) is 4.90. The lowest BCUT2D eigenvalue weighted by molar-refractivity contribution is 1.34. The summed E-state index contributed by atoms with van der Waals surface area (Å²) >= 11 is 1.85. The molecule has 82 valence electrons. The van der Waals surface area contributed by atoms with E-state index >= 15 is 0 Å². The Morgan fingerprint density at radius 3 is 2.50 bits per heavy atom. The fourth-order valence-corrected chi connectivity index (χ4v) is 2.46. The SMILES string of the molecule is Cc1cccc(SCc2ccc(N)cc2)c1.